The Balaban J connectivity index is 2.03. The van der Waals surface area contributed by atoms with E-state index in [1.807, 2.05) is 41.2 Å². The predicted octanol–water partition coefficient (Wildman–Crippen LogP) is 2.12. The Morgan fingerprint density at radius 3 is 3.00 bits per heavy atom. The van der Waals surface area contributed by atoms with E-state index in [1.165, 1.54) is 0 Å². The van der Waals surface area contributed by atoms with E-state index in [4.69, 9.17) is 0 Å². The summed E-state index contributed by atoms with van der Waals surface area (Å²) in [5.41, 5.74) is 2.24. The van der Waals surface area contributed by atoms with Crippen LogP contribution in [-0.4, -0.2) is 23.3 Å². The van der Waals surface area contributed by atoms with Gasteiger partial charge in [0.1, 0.15) is 17.4 Å². The van der Waals surface area contributed by atoms with Gasteiger partial charge in [0, 0.05) is 30.2 Å². The second-order valence-electron chi connectivity index (χ2n) is 4.55. The van der Waals surface area contributed by atoms with Gasteiger partial charge in [0.15, 0.2) is 0 Å². The average Bonchev–Trinajstić information content (AvgIpc) is 2.46. The van der Waals surface area contributed by atoms with Crippen molar-refractivity contribution in [1.82, 2.24) is 4.98 Å². The molecule has 0 saturated carbocycles. The van der Waals surface area contributed by atoms with Gasteiger partial charge in [0.05, 0.1) is 11.9 Å². The van der Waals surface area contributed by atoms with Crippen LogP contribution in [-0.2, 0) is 9.59 Å². The van der Waals surface area contributed by atoms with E-state index in [2.05, 4.69) is 4.98 Å². The van der Waals surface area contributed by atoms with Gasteiger partial charge in [0.25, 0.3) is 0 Å². The van der Waals surface area contributed by atoms with Gasteiger partial charge in [-0.05, 0) is 24.3 Å². The van der Waals surface area contributed by atoms with Crippen molar-refractivity contribution in [2.75, 3.05) is 11.4 Å². The molecule has 0 spiro atoms. The fraction of sp³-hybridized carbons (Fsp3) is 0.200. The van der Waals surface area contributed by atoms with Crippen LogP contribution in [0.15, 0.2) is 42.2 Å². The van der Waals surface area contributed by atoms with Gasteiger partial charge in [-0.2, -0.15) is 0 Å². The number of hydrogen-bond donors (Lipinski definition) is 0. The van der Waals surface area contributed by atoms with Crippen molar-refractivity contribution in [3.63, 3.8) is 0 Å². The number of rotatable bonds is 1. The number of allylic oxidation sites excluding steroid dienone is 1. The molecule has 1 saturated heterocycles. The topological polar surface area (TPSA) is 50.3 Å². The number of carbonyl (C=O) groups excluding carboxylic acids is 2. The number of benzene rings is 1. The van der Waals surface area contributed by atoms with Crippen molar-refractivity contribution >= 4 is 28.3 Å². The van der Waals surface area contributed by atoms with Gasteiger partial charge in [-0.3, -0.25) is 9.78 Å². The Kier molecular flexibility index (Phi) is 2.86. The summed E-state index contributed by atoms with van der Waals surface area (Å²) in [6, 6.07) is 9.68. The molecule has 0 unspecified atom stereocenters. The first-order valence-corrected chi connectivity index (χ1v) is 6.16. The minimum atomic E-state index is 0.0945. The number of fused-ring (bicyclic) bond motifs is 1. The van der Waals surface area contributed by atoms with Crippen LogP contribution >= 0.6 is 0 Å². The number of anilines is 1. The van der Waals surface area contributed by atoms with Crippen LogP contribution in [0, 0.1) is 0 Å². The molecule has 4 nitrogen and oxygen atoms in total. The monoisotopic (exact) mass is 252 g/mol. The summed E-state index contributed by atoms with van der Waals surface area (Å²) in [5, 5.41) is 1.02. The highest BCUT2D eigenvalue weighted by molar-refractivity contribution is 5.89. The molecule has 0 N–H and O–H groups in total. The van der Waals surface area contributed by atoms with Crippen molar-refractivity contribution < 1.29 is 9.59 Å². The molecule has 0 amide bonds. The number of pyridine rings is 1. The molecule has 1 aliphatic heterocycles. The molecular weight excluding hydrogens is 240 g/mol. The summed E-state index contributed by atoms with van der Waals surface area (Å²) >= 11 is 0. The number of hydrogen-bond acceptors (Lipinski definition) is 4. The number of nitrogens with zero attached hydrogens (tertiary/aromatic N) is 2. The summed E-state index contributed by atoms with van der Waals surface area (Å²) in [7, 11) is 0. The van der Waals surface area contributed by atoms with Crippen LogP contribution < -0.4 is 4.90 Å². The third kappa shape index (κ3) is 2.14. The molecule has 0 bridgehead atoms. The Hall–Kier alpha value is -2.45. The minimum Gasteiger partial charge on any atom is -0.335 e. The van der Waals surface area contributed by atoms with Crippen LogP contribution in [0.1, 0.15) is 12.8 Å². The lowest BCUT2D eigenvalue weighted by molar-refractivity contribution is -0.118. The quantitative estimate of drug-likeness (QED) is 0.729. The molecular formula is C15H12N2O2. The number of ketones is 1. The summed E-state index contributed by atoms with van der Waals surface area (Å²) in [6.07, 6.45) is 2.39. The highest BCUT2D eigenvalue weighted by Crippen LogP contribution is 2.27. The summed E-state index contributed by atoms with van der Waals surface area (Å²) in [6.45, 7) is 0.537. The van der Waals surface area contributed by atoms with Crippen LogP contribution in [0.4, 0.5) is 5.69 Å². The Morgan fingerprint density at radius 1 is 1.26 bits per heavy atom. The molecule has 1 fully saturated rings. The number of piperidine rings is 1. The van der Waals surface area contributed by atoms with Gasteiger partial charge >= 0.3 is 0 Å². The number of carbonyl (C=O) groups is 1. The molecule has 0 aliphatic carbocycles. The van der Waals surface area contributed by atoms with E-state index < -0.39 is 0 Å². The fourth-order valence-corrected chi connectivity index (χ4v) is 2.35. The van der Waals surface area contributed by atoms with E-state index >= 15 is 0 Å². The van der Waals surface area contributed by atoms with E-state index in [-0.39, 0.29) is 12.2 Å². The molecule has 1 aromatic carbocycles. The third-order valence-corrected chi connectivity index (χ3v) is 3.32. The standard InChI is InChI=1S/C15H12N2O2/c18-10-13-9-14(19)5-7-17(13)12-3-4-15-11(8-12)2-1-6-16-15/h1-4,6,8H,5,7,9H2. The van der Waals surface area contributed by atoms with E-state index in [9.17, 15) is 9.59 Å². The largest absolute Gasteiger partial charge is 0.335 e. The normalized spacial score (nSPS) is 15.7. The minimum absolute atomic E-state index is 0.0945. The molecule has 19 heavy (non-hydrogen) atoms. The zero-order chi connectivity index (χ0) is 13.2. The predicted molar refractivity (Wildman–Crippen MR) is 72.5 cm³/mol. The second-order valence-corrected chi connectivity index (χ2v) is 4.55. The van der Waals surface area contributed by atoms with Crippen LogP contribution in [0.25, 0.3) is 10.9 Å². The highest BCUT2D eigenvalue weighted by atomic mass is 16.1. The maximum absolute atomic E-state index is 11.4. The molecule has 94 valence electrons. The lowest BCUT2D eigenvalue weighted by atomic mass is 10.0. The first-order valence-electron chi connectivity index (χ1n) is 6.16. The second kappa shape index (κ2) is 4.67. The fourth-order valence-electron chi connectivity index (χ4n) is 2.35. The lowest BCUT2D eigenvalue weighted by Gasteiger charge is -2.28. The van der Waals surface area contributed by atoms with Crippen LogP contribution in [0.3, 0.4) is 0 Å². The SMILES string of the molecule is O=C=C1CC(=O)CCN1c1ccc2ncccc2c1. The summed E-state index contributed by atoms with van der Waals surface area (Å²) < 4.78 is 0. The summed E-state index contributed by atoms with van der Waals surface area (Å²) in [5.74, 6) is 1.98. The zero-order valence-corrected chi connectivity index (χ0v) is 10.3. The molecule has 4 heteroatoms. The van der Waals surface area contributed by atoms with Gasteiger partial charge in [0.2, 0.25) is 0 Å². The van der Waals surface area contributed by atoms with Crippen molar-refractivity contribution in [1.29, 1.82) is 0 Å². The maximum atomic E-state index is 11.4. The maximum Gasteiger partial charge on any atom is 0.146 e. The first-order chi connectivity index (χ1) is 9.28. The molecule has 2 heterocycles. The van der Waals surface area contributed by atoms with Crippen molar-refractivity contribution in [3.8, 4) is 0 Å². The van der Waals surface area contributed by atoms with E-state index in [0.29, 0.717) is 18.7 Å². The van der Waals surface area contributed by atoms with Gasteiger partial charge in [-0.25, -0.2) is 4.79 Å². The Labute approximate surface area is 110 Å². The van der Waals surface area contributed by atoms with Crippen LogP contribution in [0.5, 0.6) is 0 Å². The summed E-state index contributed by atoms with van der Waals surface area (Å²) in [4.78, 5) is 28.5. The molecule has 1 aromatic heterocycles. The molecule has 3 rings (SSSR count). The van der Waals surface area contributed by atoms with E-state index in [1.54, 1.807) is 6.20 Å². The van der Waals surface area contributed by atoms with Crippen LogP contribution in [0.2, 0.25) is 0 Å². The Morgan fingerprint density at radius 2 is 2.16 bits per heavy atom. The Bertz CT molecular complexity index is 702. The smallest absolute Gasteiger partial charge is 0.146 e. The number of aromatic nitrogens is 1. The molecule has 0 atom stereocenters. The van der Waals surface area contributed by atoms with Gasteiger partial charge in [-0.1, -0.05) is 6.07 Å². The van der Waals surface area contributed by atoms with Gasteiger partial charge in [-0.15, -0.1) is 0 Å². The first kappa shape index (κ1) is 11.6. The molecule has 0 radical (unpaired) electrons. The van der Waals surface area contributed by atoms with Crippen molar-refractivity contribution in [2.45, 2.75) is 12.8 Å². The van der Waals surface area contributed by atoms with Crippen molar-refractivity contribution in [2.24, 2.45) is 0 Å². The van der Waals surface area contributed by atoms with E-state index in [0.717, 1.165) is 16.6 Å². The molecule has 1 aliphatic rings. The van der Waals surface area contributed by atoms with Crippen molar-refractivity contribution in [3.05, 3.63) is 42.2 Å². The highest BCUT2D eigenvalue weighted by Gasteiger charge is 2.22. The van der Waals surface area contributed by atoms with Gasteiger partial charge < -0.3 is 4.90 Å². The average molecular weight is 252 g/mol. The zero-order valence-electron chi connectivity index (χ0n) is 10.3. The number of Topliss-reactive ketones (excluding diaryl/α,β-unsaturated/α-hetero) is 1. The third-order valence-electron chi connectivity index (χ3n) is 3.32. The lowest BCUT2D eigenvalue weighted by Crippen LogP contribution is -2.32. The molecule has 2 aromatic rings.